The molecule has 134 valence electrons. The average Bonchev–Trinajstić information content (AvgIpc) is 3.18. The van der Waals surface area contributed by atoms with Crippen molar-refractivity contribution in [2.45, 2.75) is 19.9 Å². The van der Waals surface area contributed by atoms with Gasteiger partial charge in [-0.05, 0) is 23.5 Å². The first-order valence-electron chi connectivity index (χ1n) is 7.90. The van der Waals surface area contributed by atoms with Crippen molar-refractivity contribution < 1.29 is 9.72 Å². The number of hydrogen-bond acceptors (Lipinski definition) is 5. The van der Waals surface area contributed by atoms with Gasteiger partial charge >= 0.3 is 5.82 Å². The monoisotopic (exact) mass is 354 g/mol. The van der Waals surface area contributed by atoms with Crippen LogP contribution in [0.1, 0.15) is 11.3 Å². The molecule has 0 fully saturated rings. The van der Waals surface area contributed by atoms with Gasteiger partial charge in [-0.15, -0.1) is 0 Å². The van der Waals surface area contributed by atoms with Crippen LogP contribution in [0.3, 0.4) is 0 Å². The maximum Gasteiger partial charge on any atom is 0.390 e. The molecule has 0 atom stereocenters. The molecule has 3 N–H and O–H groups in total. The molecule has 0 aliphatic carbocycles. The van der Waals surface area contributed by atoms with Crippen LogP contribution in [0.5, 0.6) is 0 Å². The molecule has 9 heteroatoms. The van der Waals surface area contributed by atoms with Crippen molar-refractivity contribution in [3.05, 3.63) is 70.2 Å². The van der Waals surface area contributed by atoms with Gasteiger partial charge in [-0.1, -0.05) is 24.8 Å². The van der Waals surface area contributed by atoms with Gasteiger partial charge in [0.05, 0.1) is 23.3 Å². The number of aryl methyl sites for hydroxylation is 1. The Hall–Kier alpha value is -3.62. The van der Waals surface area contributed by atoms with Gasteiger partial charge in [0.15, 0.2) is 0 Å². The van der Waals surface area contributed by atoms with Crippen LogP contribution in [0.15, 0.2) is 48.8 Å². The van der Waals surface area contributed by atoms with E-state index in [2.05, 4.69) is 27.5 Å². The van der Waals surface area contributed by atoms with Crippen LogP contribution < -0.4 is 10.9 Å². The molecule has 1 amide bonds. The quantitative estimate of drug-likeness (QED) is 0.443. The lowest BCUT2D eigenvalue weighted by Crippen LogP contribution is -2.38. The fourth-order valence-electron chi connectivity index (χ4n) is 2.62. The maximum atomic E-state index is 12.1. The Kier molecular flexibility index (Phi) is 4.70. The number of carbonyl (C=O) groups excluding carboxylic acids is 1. The molecule has 26 heavy (non-hydrogen) atoms. The van der Waals surface area contributed by atoms with Crippen molar-refractivity contribution >= 4 is 22.6 Å². The number of H-pyrrole nitrogens is 1. The van der Waals surface area contributed by atoms with Gasteiger partial charge in [0.1, 0.15) is 6.54 Å². The number of benzene rings is 1. The van der Waals surface area contributed by atoms with Gasteiger partial charge in [-0.2, -0.15) is 4.68 Å². The van der Waals surface area contributed by atoms with E-state index in [1.807, 2.05) is 30.5 Å². The summed E-state index contributed by atoms with van der Waals surface area (Å²) in [6.45, 7) is 5.71. The Morgan fingerprint density at radius 1 is 1.38 bits per heavy atom. The summed E-state index contributed by atoms with van der Waals surface area (Å²) in [5.41, 5.74) is 8.25. The molecule has 0 aliphatic rings. The third-order valence-corrected chi connectivity index (χ3v) is 3.90. The number of amides is 1. The first kappa shape index (κ1) is 17.2. The highest BCUT2D eigenvalue weighted by molar-refractivity contribution is 5.88. The number of hydrazine groups is 1. The minimum absolute atomic E-state index is 0.201. The Bertz CT molecular complexity index is 987. The van der Waals surface area contributed by atoms with E-state index in [-0.39, 0.29) is 24.7 Å². The van der Waals surface area contributed by atoms with Gasteiger partial charge in [0, 0.05) is 22.8 Å². The molecule has 1 aromatic carbocycles. The first-order chi connectivity index (χ1) is 12.4. The topological polar surface area (TPSA) is 118 Å². The smallest absolute Gasteiger partial charge is 0.361 e. The Morgan fingerprint density at radius 3 is 2.88 bits per heavy atom. The molecule has 0 bridgehead atoms. The molecule has 0 aliphatic heterocycles. The average molecular weight is 354 g/mol. The SMILES string of the molecule is C=C(Cn1nc([N+](=O)[O-])cc1C)NNC(=O)Cc1c[nH]c2ccccc12. The zero-order valence-electron chi connectivity index (χ0n) is 14.2. The molecular formula is C17H18N6O3. The molecule has 3 aromatic rings. The summed E-state index contributed by atoms with van der Waals surface area (Å²) in [7, 11) is 0. The molecule has 0 radical (unpaired) electrons. The number of fused-ring (bicyclic) bond motifs is 1. The predicted octanol–water partition coefficient (Wildman–Crippen LogP) is 1.96. The largest absolute Gasteiger partial charge is 0.390 e. The lowest BCUT2D eigenvalue weighted by Gasteiger charge is -2.10. The molecule has 2 aromatic heterocycles. The highest BCUT2D eigenvalue weighted by Crippen LogP contribution is 2.18. The van der Waals surface area contributed by atoms with E-state index >= 15 is 0 Å². The number of allylic oxidation sites excluding steroid dienone is 1. The van der Waals surface area contributed by atoms with E-state index in [0.29, 0.717) is 11.4 Å². The Labute approximate surface area is 148 Å². The number of nitrogens with one attached hydrogen (secondary N) is 3. The Balaban J connectivity index is 1.54. The third-order valence-electron chi connectivity index (χ3n) is 3.90. The summed E-state index contributed by atoms with van der Waals surface area (Å²) >= 11 is 0. The van der Waals surface area contributed by atoms with E-state index in [4.69, 9.17) is 0 Å². The number of rotatable bonds is 7. The number of hydrogen-bond donors (Lipinski definition) is 3. The van der Waals surface area contributed by atoms with E-state index in [0.717, 1.165) is 16.5 Å². The van der Waals surface area contributed by atoms with Crippen LogP contribution >= 0.6 is 0 Å². The van der Waals surface area contributed by atoms with Crippen molar-refractivity contribution in [3.63, 3.8) is 0 Å². The normalized spacial score (nSPS) is 10.7. The number of para-hydroxylation sites is 1. The zero-order chi connectivity index (χ0) is 18.7. The van der Waals surface area contributed by atoms with E-state index in [1.165, 1.54) is 10.7 Å². The minimum atomic E-state index is -0.553. The molecule has 3 rings (SSSR count). The summed E-state index contributed by atoms with van der Waals surface area (Å²) in [6.07, 6.45) is 2.02. The number of aromatic amines is 1. The molecule has 0 saturated carbocycles. The maximum absolute atomic E-state index is 12.1. The zero-order valence-corrected chi connectivity index (χ0v) is 14.2. The molecule has 0 unspecified atom stereocenters. The van der Waals surface area contributed by atoms with Gasteiger partial charge in [-0.3, -0.25) is 10.2 Å². The second kappa shape index (κ2) is 7.09. The lowest BCUT2D eigenvalue weighted by atomic mass is 10.1. The van der Waals surface area contributed by atoms with Crippen LogP contribution in [0.2, 0.25) is 0 Å². The third kappa shape index (κ3) is 3.72. The van der Waals surface area contributed by atoms with Crippen molar-refractivity contribution in [2.75, 3.05) is 0 Å². The van der Waals surface area contributed by atoms with Crippen molar-refractivity contribution in [3.8, 4) is 0 Å². The minimum Gasteiger partial charge on any atom is -0.361 e. The van der Waals surface area contributed by atoms with Crippen LogP contribution in [-0.4, -0.2) is 25.6 Å². The fraction of sp³-hybridized carbons (Fsp3) is 0.176. The summed E-state index contributed by atoms with van der Waals surface area (Å²) in [5, 5.41) is 15.6. The number of carbonyl (C=O) groups is 1. The van der Waals surface area contributed by atoms with Crippen LogP contribution in [0.4, 0.5) is 5.82 Å². The number of nitrogens with zero attached hydrogens (tertiary/aromatic N) is 3. The molecular weight excluding hydrogens is 336 g/mol. The second-order valence-electron chi connectivity index (χ2n) is 5.87. The van der Waals surface area contributed by atoms with Crippen molar-refractivity contribution in [1.29, 1.82) is 0 Å². The number of nitro groups is 1. The second-order valence-corrected chi connectivity index (χ2v) is 5.87. The first-order valence-corrected chi connectivity index (χ1v) is 7.90. The standard InChI is InChI=1S/C17H18N6O3/c1-11(10-22-12(2)7-16(21-22)23(25)26)19-20-17(24)8-13-9-18-15-6-4-3-5-14(13)15/h3-7,9,18-19H,1,8,10H2,2H3,(H,20,24). The summed E-state index contributed by atoms with van der Waals surface area (Å²) in [6, 6.07) is 9.12. The van der Waals surface area contributed by atoms with E-state index < -0.39 is 4.92 Å². The molecule has 0 spiro atoms. The van der Waals surface area contributed by atoms with Crippen LogP contribution in [-0.2, 0) is 17.8 Å². The molecule has 0 saturated heterocycles. The lowest BCUT2D eigenvalue weighted by molar-refractivity contribution is -0.389. The summed E-state index contributed by atoms with van der Waals surface area (Å²) < 4.78 is 1.44. The fourth-order valence-corrected chi connectivity index (χ4v) is 2.62. The Morgan fingerprint density at radius 2 is 2.15 bits per heavy atom. The highest BCUT2D eigenvalue weighted by Gasteiger charge is 2.16. The van der Waals surface area contributed by atoms with E-state index in [9.17, 15) is 14.9 Å². The van der Waals surface area contributed by atoms with Gasteiger partial charge < -0.3 is 20.5 Å². The van der Waals surface area contributed by atoms with Crippen LogP contribution in [0, 0.1) is 17.0 Å². The number of aromatic nitrogens is 3. The molecule has 9 nitrogen and oxygen atoms in total. The predicted molar refractivity (Wildman–Crippen MR) is 96.0 cm³/mol. The summed E-state index contributed by atoms with van der Waals surface area (Å²) in [4.78, 5) is 25.4. The van der Waals surface area contributed by atoms with Gasteiger partial charge in [0.2, 0.25) is 5.91 Å². The van der Waals surface area contributed by atoms with Gasteiger partial charge in [-0.25, -0.2) is 0 Å². The van der Waals surface area contributed by atoms with Gasteiger partial charge in [0.25, 0.3) is 0 Å². The highest BCUT2D eigenvalue weighted by atomic mass is 16.6. The van der Waals surface area contributed by atoms with Crippen molar-refractivity contribution in [2.24, 2.45) is 0 Å². The van der Waals surface area contributed by atoms with Crippen LogP contribution in [0.25, 0.3) is 10.9 Å². The molecule has 2 heterocycles. The summed E-state index contributed by atoms with van der Waals surface area (Å²) in [5.74, 6) is -0.447. The van der Waals surface area contributed by atoms with E-state index in [1.54, 1.807) is 6.92 Å². The van der Waals surface area contributed by atoms with Crippen molar-refractivity contribution in [1.82, 2.24) is 25.6 Å².